The van der Waals surface area contributed by atoms with Gasteiger partial charge in [-0.3, -0.25) is 0 Å². The number of anilines is 1. The summed E-state index contributed by atoms with van der Waals surface area (Å²) in [6.45, 7) is 12.9. The average molecular weight is 264 g/mol. The van der Waals surface area contributed by atoms with Crippen LogP contribution in [0.4, 0.5) is 5.69 Å². The number of nitrogens with one attached hydrogen (secondary N) is 1. The van der Waals surface area contributed by atoms with E-state index in [2.05, 4.69) is 57.0 Å². The summed E-state index contributed by atoms with van der Waals surface area (Å²) in [4.78, 5) is 2.41. The smallest absolute Gasteiger partial charge is 0.125 e. The quantitative estimate of drug-likeness (QED) is 0.814. The molecule has 0 saturated heterocycles. The van der Waals surface area contributed by atoms with Gasteiger partial charge in [-0.05, 0) is 46.4 Å². The molecule has 0 heterocycles. The fraction of sp³-hybridized carbons (Fsp3) is 0.625. The normalized spacial score (nSPS) is 12.6. The molecule has 0 amide bonds. The van der Waals surface area contributed by atoms with Gasteiger partial charge in [0, 0.05) is 29.9 Å². The van der Waals surface area contributed by atoms with Crippen LogP contribution in [0.15, 0.2) is 18.2 Å². The maximum absolute atomic E-state index is 5.56. The Morgan fingerprint density at radius 2 is 1.89 bits per heavy atom. The third-order valence-electron chi connectivity index (χ3n) is 3.48. The summed E-state index contributed by atoms with van der Waals surface area (Å²) in [5.41, 5.74) is 2.52. The van der Waals surface area contributed by atoms with Crippen molar-refractivity contribution in [3.05, 3.63) is 23.8 Å². The number of hydrogen-bond acceptors (Lipinski definition) is 3. The first kappa shape index (κ1) is 15.8. The van der Waals surface area contributed by atoms with Crippen LogP contribution >= 0.6 is 0 Å². The van der Waals surface area contributed by atoms with Crippen molar-refractivity contribution in [3.8, 4) is 5.75 Å². The highest BCUT2D eigenvalue weighted by atomic mass is 16.5. The molecular weight excluding hydrogens is 236 g/mol. The summed E-state index contributed by atoms with van der Waals surface area (Å²) in [6, 6.07) is 7.06. The Kier molecular flexibility index (Phi) is 6.16. The van der Waals surface area contributed by atoms with Crippen molar-refractivity contribution in [3.63, 3.8) is 0 Å². The van der Waals surface area contributed by atoms with Gasteiger partial charge in [-0.1, -0.05) is 13.0 Å². The van der Waals surface area contributed by atoms with Gasteiger partial charge in [-0.25, -0.2) is 0 Å². The number of methoxy groups -OCH3 is 1. The SMILES string of the molecule is CCNC(C)c1c(OC)cccc1N(CC)C(C)C. The first-order valence-electron chi connectivity index (χ1n) is 7.23. The van der Waals surface area contributed by atoms with E-state index in [4.69, 9.17) is 4.74 Å². The molecule has 0 bridgehead atoms. The number of rotatable bonds is 7. The van der Waals surface area contributed by atoms with E-state index in [1.54, 1.807) is 7.11 Å². The minimum atomic E-state index is 0.281. The third kappa shape index (κ3) is 3.63. The molecule has 0 aliphatic carbocycles. The highest BCUT2D eigenvalue weighted by Crippen LogP contribution is 2.35. The van der Waals surface area contributed by atoms with Crippen molar-refractivity contribution < 1.29 is 4.74 Å². The molecule has 0 aliphatic rings. The maximum atomic E-state index is 5.56. The Labute approximate surface area is 118 Å². The monoisotopic (exact) mass is 264 g/mol. The van der Waals surface area contributed by atoms with E-state index in [1.807, 2.05) is 6.07 Å². The van der Waals surface area contributed by atoms with Gasteiger partial charge in [0.1, 0.15) is 5.75 Å². The number of nitrogens with zero attached hydrogens (tertiary/aromatic N) is 1. The molecule has 1 aromatic rings. The predicted octanol–water partition coefficient (Wildman–Crippen LogP) is 3.60. The van der Waals surface area contributed by atoms with Crippen molar-refractivity contribution in [2.24, 2.45) is 0 Å². The van der Waals surface area contributed by atoms with Crippen molar-refractivity contribution >= 4 is 5.69 Å². The molecule has 0 fully saturated rings. The van der Waals surface area contributed by atoms with Crippen molar-refractivity contribution in [2.75, 3.05) is 25.1 Å². The lowest BCUT2D eigenvalue weighted by Gasteiger charge is -2.32. The summed E-state index contributed by atoms with van der Waals surface area (Å²) in [5, 5.41) is 3.49. The molecule has 1 unspecified atom stereocenters. The van der Waals surface area contributed by atoms with E-state index in [1.165, 1.54) is 11.3 Å². The van der Waals surface area contributed by atoms with Crippen molar-refractivity contribution in [2.45, 2.75) is 46.7 Å². The van der Waals surface area contributed by atoms with E-state index in [0.717, 1.165) is 18.8 Å². The Hall–Kier alpha value is -1.22. The van der Waals surface area contributed by atoms with Crippen LogP contribution in [-0.2, 0) is 0 Å². The molecule has 0 aliphatic heterocycles. The van der Waals surface area contributed by atoms with Crippen LogP contribution in [0, 0.1) is 0 Å². The number of ether oxygens (including phenoxy) is 1. The second-order valence-corrected chi connectivity index (χ2v) is 5.05. The molecule has 0 radical (unpaired) electrons. The zero-order chi connectivity index (χ0) is 14.4. The molecule has 1 atom stereocenters. The van der Waals surface area contributed by atoms with E-state index in [9.17, 15) is 0 Å². The average Bonchev–Trinajstić information content (AvgIpc) is 2.39. The van der Waals surface area contributed by atoms with Crippen molar-refractivity contribution in [1.82, 2.24) is 5.32 Å². The molecule has 3 heteroatoms. The van der Waals surface area contributed by atoms with Gasteiger partial charge in [0.2, 0.25) is 0 Å². The molecule has 0 aromatic heterocycles. The van der Waals surface area contributed by atoms with Gasteiger partial charge in [-0.15, -0.1) is 0 Å². The van der Waals surface area contributed by atoms with Gasteiger partial charge in [-0.2, -0.15) is 0 Å². The summed E-state index contributed by atoms with van der Waals surface area (Å²) < 4.78 is 5.56. The summed E-state index contributed by atoms with van der Waals surface area (Å²) in [5.74, 6) is 0.963. The van der Waals surface area contributed by atoms with Gasteiger partial charge in [0.15, 0.2) is 0 Å². The van der Waals surface area contributed by atoms with Crippen LogP contribution in [-0.4, -0.2) is 26.2 Å². The highest BCUT2D eigenvalue weighted by molar-refractivity contribution is 5.61. The number of benzene rings is 1. The number of hydrogen-bond donors (Lipinski definition) is 1. The Balaban J connectivity index is 3.29. The highest BCUT2D eigenvalue weighted by Gasteiger charge is 2.20. The van der Waals surface area contributed by atoms with Gasteiger partial charge < -0.3 is 15.0 Å². The fourth-order valence-corrected chi connectivity index (χ4v) is 2.62. The fourth-order valence-electron chi connectivity index (χ4n) is 2.62. The van der Waals surface area contributed by atoms with E-state index in [-0.39, 0.29) is 6.04 Å². The zero-order valence-electron chi connectivity index (χ0n) is 13.2. The molecule has 0 spiro atoms. The van der Waals surface area contributed by atoms with Gasteiger partial charge >= 0.3 is 0 Å². The summed E-state index contributed by atoms with van der Waals surface area (Å²) >= 11 is 0. The van der Waals surface area contributed by atoms with Crippen LogP contribution in [0.5, 0.6) is 5.75 Å². The third-order valence-corrected chi connectivity index (χ3v) is 3.48. The first-order valence-corrected chi connectivity index (χ1v) is 7.23. The van der Waals surface area contributed by atoms with E-state index < -0.39 is 0 Å². The Morgan fingerprint density at radius 3 is 2.37 bits per heavy atom. The second kappa shape index (κ2) is 7.39. The van der Waals surface area contributed by atoms with Gasteiger partial charge in [0.05, 0.1) is 7.11 Å². The molecule has 1 aromatic carbocycles. The molecule has 0 saturated carbocycles. The van der Waals surface area contributed by atoms with Crippen LogP contribution < -0.4 is 15.0 Å². The van der Waals surface area contributed by atoms with Gasteiger partial charge in [0.25, 0.3) is 0 Å². The van der Waals surface area contributed by atoms with Crippen molar-refractivity contribution in [1.29, 1.82) is 0 Å². The van der Waals surface area contributed by atoms with E-state index in [0.29, 0.717) is 6.04 Å². The molecule has 1 rings (SSSR count). The van der Waals surface area contributed by atoms with Crippen LogP contribution in [0.2, 0.25) is 0 Å². The maximum Gasteiger partial charge on any atom is 0.125 e. The Morgan fingerprint density at radius 1 is 1.21 bits per heavy atom. The minimum Gasteiger partial charge on any atom is -0.496 e. The molecular formula is C16H28N2O. The minimum absolute atomic E-state index is 0.281. The van der Waals surface area contributed by atoms with E-state index >= 15 is 0 Å². The standard InChI is InChI=1S/C16H28N2O/c1-7-17-13(5)16-14(18(8-2)12(3)4)10-9-11-15(16)19-6/h9-13,17H,7-8H2,1-6H3. The first-order chi connectivity index (χ1) is 9.06. The lowest BCUT2D eigenvalue weighted by Crippen LogP contribution is -2.32. The molecule has 1 N–H and O–H groups in total. The summed E-state index contributed by atoms with van der Waals surface area (Å²) in [7, 11) is 1.74. The molecule has 19 heavy (non-hydrogen) atoms. The predicted molar refractivity (Wildman–Crippen MR) is 83.2 cm³/mol. The topological polar surface area (TPSA) is 24.5 Å². The molecule has 108 valence electrons. The zero-order valence-corrected chi connectivity index (χ0v) is 13.2. The summed E-state index contributed by atoms with van der Waals surface area (Å²) in [6.07, 6.45) is 0. The Bertz CT molecular complexity index is 390. The largest absolute Gasteiger partial charge is 0.496 e. The lowest BCUT2D eigenvalue weighted by molar-refractivity contribution is 0.402. The van der Waals surface area contributed by atoms with Crippen LogP contribution in [0.25, 0.3) is 0 Å². The second-order valence-electron chi connectivity index (χ2n) is 5.05. The lowest BCUT2D eigenvalue weighted by atomic mass is 10.0. The van der Waals surface area contributed by atoms with Crippen LogP contribution in [0.3, 0.4) is 0 Å². The molecule has 3 nitrogen and oxygen atoms in total. The van der Waals surface area contributed by atoms with Crippen LogP contribution in [0.1, 0.15) is 46.2 Å².